The molecule has 2 nitrogen and oxygen atoms in total. The number of pyridine rings is 1. The highest BCUT2D eigenvalue weighted by atomic mass is 16.3. The second kappa shape index (κ2) is 5.78. The van der Waals surface area contributed by atoms with Gasteiger partial charge in [-0.05, 0) is 23.6 Å². The van der Waals surface area contributed by atoms with Gasteiger partial charge in [0.25, 0.3) is 0 Å². The molecule has 2 rings (SSSR count). The third-order valence-corrected chi connectivity index (χ3v) is 3.05. The smallest absolute Gasteiger partial charge is 0.0705 e. The van der Waals surface area contributed by atoms with Crippen molar-refractivity contribution in [1.29, 1.82) is 0 Å². The molecule has 0 bridgehead atoms. The molecule has 1 heterocycles. The van der Waals surface area contributed by atoms with E-state index in [4.69, 9.17) is 5.11 Å². The van der Waals surface area contributed by atoms with E-state index in [1.165, 1.54) is 5.56 Å². The average molecular weight is 241 g/mol. The molecule has 0 spiro atoms. The lowest BCUT2D eigenvalue weighted by Gasteiger charge is -2.07. The molecule has 1 N–H and O–H groups in total. The van der Waals surface area contributed by atoms with Crippen molar-refractivity contribution < 1.29 is 5.11 Å². The van der Waals surface area contributed by atoms with Crippen molar-refractivity contribution in [3.63, 3.8) is 0 Å². The van der Waals surface area contributed by atoms with Gasteiger partial charge in [-0.15, -0.1) is 0 Å². The van der Waals surface area contributed by atoms with Gasteiger partial charge in [0.05, 0.1) is 5.69 Å². The number of hydrogen-bond acceptors (Lipinski definition) is 2. The Labute approximate surface area is 108 Å². The Kier molecular flexibility index (Phi) is 4.11. The predicted molar refractivity (Wildman–Crippen MR) is 74.6 cm³/mol. The minimum Gasteiger partial charge on any atom is -0.396 e. The molecule has 0 saturated heterocycles. The van der Waals surface area contributed by atoms with Crippen LogP contribution < -0.4 is 0 Å². The van der Waals surface area contributed by atoms with Gasteiger partial charge in [-0.25, -0.2) is 0 Å². The number of aromatic nitrogens is 1. The van der Waals surface area contributed by atoms with Crippen LogP contribution in [-0.4, -0.2) is 16.7 Å². The van der Waals surface area contributed by atoms with Crippen LogP contribution in [0.1, 0.15) is 31.0 Å². The number of benzene rings is 1. The first kappa shape index (κ1) is 12.8. The van der Waals surface area contributed by atoms with Crippen LogP contribution in [0.5, 0.6) is 0 Å². The summed E-state index contributed by atoms with van der Waals surface area (Å²) in [6, 6.07) is 14.5. The number of rotatable bonds is 4. The zero-order chi connectivity index (χ0) is 13.0. The van der Waals surface area contributed by atoms with E-state index in [0.717, 1.165) is 17.0 Å². The van der Waals surface area contributed by atoms with Gasteiger partial charge >= 0.3 is 0 Å². The van der Waals surface area contributed by atoms with Gasteiger partial charge in [0.15, 0.2) is 0 Å². The molecule has 0 amide bonds. The van der Waals surface area contributed by atoms with Gasteiger partial charge < -0.3 is 5.11 Å². The van der Waals surface area contributed by atoms with E-state index in [9.17, 15) is 0 Å². The molecule has 18 heavy (non-hydrogen) atoms. The van der Waals surface area contributed by atoms with Crippen LogP contribution in [0.2, 0.25) is 0 Å². The van der Waals surface area contributed by atoms with Gasteiger partial charge in [-0.3, -0.25) is 4.98 Å². The van der Waals surface area contributed by atoms with E-state index >= 15 is 0 Å². The normalized spacial score (nSPS) is 10.9. The van der Waals surface area contributed by atoms with Gasteiger partial charge in [-0.1, -0.05) is 44.2 Å². The van der Waals surface area contributed by atoms with Crippen molar-refractivity contribution in [2.45, 2.75) is 26.2 Å². The molecule has 0 saturated carbocycles. The molecule has 0 radical (unpaired) electrons. The van der Waals surface area contributed by atoms with Crippen LogP contribution >= 0.6 is 0 Å². The summed E-state index contributed by atoms with van der Waals surface area (Å²) in [5.41, 5.74) is 4.36. The highest BCUT2D eigenvalue weighted by molar-refractivity contribution is 5.59. The van der Waals surface area contributed by atoms with Crippen LogP contribution in [0.3, 0.4) is 0 Å². The van der Waals surface area contributed by atoms with E-state index in [-0.39, 0.29) is 6.61 Å². The van der Waals surface area contributed by atoms with Crippen molar-refractivity contribution >= 4 is 0 Å². The van der Waals surface area contributed by atoms with E-state index in [1.807, 2.05) is 18.2 Å². The second-order valence-corrected chi connectivity index (χ2v) is 4.76. The molecule has 0 fully saturated rings. The van der Waals surface area contributed by atoms with E-state index < -0.39 is 0 Å². The van der Waals surface area contributed by atoms with Crippen molar-refractivity contribution in [3.05, 3.63) is 53.7 Å². The number of nitrogens with zero attached hydrogens (tertiary/aromatic N) is 1. The highest BCUT2D eigenvalue weighted by Crippen LogP contribution is 2.21. The highest BCUT2D eigenvalue weighted by Gasteiger charge is 2.03. The fourth-order valence-electron chi connectivity index (χ4n) is 1.93. The molecule has 0 aliphatic rings. The van der Waals surface area contributed by atoms with Gasteiger partial charge in [-0.2, -0.15) is 0 Å². The molecule has 1 aromatic heterocycles. The Balaban J connectivity index is 2.27. The van der Waals surface area contributed by atoms with E-state index in [1.54, 1.807) is 0 Å². The maximum Gasteiger partial charge on any atom is 0.0705 e. The van der Waals surface area contributed by atoms with Gasteiger partial charge in [0, 0.05) is 24.3 Å². The minimum atomic E-state index is 0.142. The molecule has 0 aliphatic heterocycles. The summed E-state index contributed by atoms with van der Waals surface area (Å²) in [7, 11) is 0. The molecule has 0 atom stereocenters. The largest absolute Gasteiger partial charge is 0.396 e. The van der Waals surface area contributed by atoms with Crippen LogP contribution in [0.4, 0.5) is 0 Å². The minimum absolute atomic E-state index is 0.142. The van der Waals surface area contributed by atoms with Crippen molar-refractivity contribution in [1.82, 2.24) is 4.98 Å². The van der Waals surface area contributed by atoms with Gasteiger partial charge in [0.1, 0.15) is 0 Å². The zero-order valence-corrected chi connectivity index (χ0v) is 10.9. The molecular weight excluding hydrogens is 222 g/mol. The lowest BCUT2D eigenvalue weighted by Crippen LogP contribution is -1.95. The van der Waals surface area contributed by atoms with Gasteiger partial charge in [0.2, 0.25) is 0 Å². The van der Waals surface area contributed by atoms with Crippen molar-refractivity contribution in [2.24, 2.45) is 0 Å². The molecule has 94 valence electrons. The van der Waals surface area contributed by atoms with E-state index in [2.05, 4.69) is 43.1 Å². The number of aliphatic hydroxyl groups is 1. The summed E-state index contributed by atoms with van der Waals surface area (Å²) in [5, 5.41) is 8.94. The van der Waals surface area contributed by atoms with E-state index in [0.29, 0.717) is 12.3 Å². The average Bonchev–Trinajstić information content (AvgIpc) is 2.39. The summed E-state index contributed by atoms with van der Waals surface area (Å²) in [6.07, 6.45) is 0.609. The Bertz CT molecular complexity index is 503. The Morgan fingerprint density at radius 2 is 1.78 bits per heavy atom. The zero-order valence-electron chi connectivity index (χ0n) is 10.9. The number of hydrogen-bond donors (Lipinski definition) is 1. The molecule has 0 aliphatic carbocycles. The summed E-state index contributed by atoms with van der Waals surface area (Å²) in [6.45, 7) is 4.52. The van der Waals surface area contributed by atoms with Crippen LogP contribution in [-0.2, 0) is 6.42 Å². The van der Waals surface area contributed by atoms with Crippen LogP contribution in [0.15, 0.2) is 42.5 Å². The lowest BCUT2D eigenvalue weighted by molar-refractivity contribution is 0.298. The fourth-order valence-corrected chi connectivity index (χ4v) is 1.93. The fraction of sp³-hybridized carbons (Fsp3) is 0.312. The maximum absolute atomic E-state index is 8.94. The van der Waals surface area contributed by atoms with Crippen LogP contribution in [0.25, 0.3) is 11.3 Å². The molecule has 2 heteroatoms. The first-order valence-corrected chi connectivity index (χ1v) is 6.38. The number of aliphatic hydroxyl groups excluding tert-OH is 1. The molecular formula is C16H19NO. The summed E-state index contributed by atoms with van der Waals surface area (Å²) < 4.78 is 0. The third kappa shape index (κ3) is 2.96. The summed E-state index contributed by atoms with van der Waals surface area (Å²) in [5.74, 6) is 0.549. The second-order valence-electron chi connectivity index (χ2n) is 4.76. The Morgan fingerprint density at radius 1 is 1.06 bits per heavy atom. The summed E-state index contributed by atoms with van der Waals surface area (Å²) >= 11 is 0. The molecule has 2 aromatic rings. The van der Waals surface area contributed by atoms with Crippen LogP contribution in [0, 0.1) is 0 Å². The molecule has 1 aromatic carbocycles. The van der Waals surface area contributed by atoms with Crippen molar-refractivity contribution in [2.75, 3.05) is 6.61 Å². The first-order chi connectivity index (χ1) is 8.70. The molecule has 0 unspecified atom stereocenters. The summed E-state index contributed by atoms with van der Waals surface area (Å²) in [4.78, 5) is 4.55. The third-order valence-electron chi connectivity index (χ3n) is 3.05. The Hall–Kier alpha value is -1.67. The maximum atomic E-state index is 8.94. The van der Waals surface area contributed by atoms with Crippen molar-refractivity contribution in [3.8, 4) is 11.3 Å². The lowest BCUT2D eigenvalue weighted by atomic mass is 10.0. The standard InChI is InChI=1S/C16H19NO/c1-12(2)13-6-8-14(9-7-13)16-5-3-4-15(17-16)10-11-18/h3-9,12,18H,10-11H2,1-2H3. The Morgan fingerprint density at radius 3 is 2.39 bits per heavy atom. The SMILES string of the molecule is CC(C)c1ccc(-c2cccc(CCO)n2)cc1. The monoisotopic (exact) mass is 241 g/mol. The first-order valence-electron chi connectivity index (χ1n) is 6.38. The predicted octanol–water partition coefficient (Wildman–Crippen LogP) is 3.41. The quantitative estimate of drug-likeness (QED) is 0.889. The topological polar surface area (TPSA) is 33.1 Å².